The summed E-state index contributed by atoms with van der Waals surface area (Å²) in [6, 6.07) is 15.1. The van der Waals surface area contributed by atoms with Gasteiger partial charge in [-0.3, -0.25) is 9.59 Å². The van der Waals surface area contributed by atoms with Gasteiger partial charge in [0.2, 0.25) is 5.91 Å². The summed E-state index contributed by atoms with van der Waals surface area (Å²) in [5.74, 6) is 0.270. The zero-order valence-electron chi connectivity index (χ0n) is 17.0. The number of hydrogen-bond acceptors (Lipinski definition) is 4. The second kappa shape index (κ2) is 7.27. The standard InChI is InChI=1S/C24H25N3O3/c1-15(21-16-8-2-3-9-17(16)23(29)27-26-21)22(28)25-19-14-24(12-6-7-13-24)30-20-11-5-4-10-18(19)20/h2-5,8-11,15,19H,6-7,12-14H2,1H3,(H,25,28)(H,27,29)/t15-,19+/m0/s1. The van der Waals surface area contributed by atoms with Crippen LogP contribution in [0.1, 0.15) is 62.2 Å². The van der Waals surface area contributed by atoms with Gasteiger partial charge >= 0.3 is 0 Å². The molecule has 0 saturated heterocycles. The van der Waals surface area contributed by atoms with E-state index in [-0.39, 0.29) is 23.1 Å². The predicted molar refractivity (Wildman–Crippen MR) is 115 cm³/mol. The third kappa shape index (κ3) is 3.16. The summed E-state index contributed by atoms with van der Waals surface area (Å²) < 4.78 is 6.40. The lowest BCUT2D eigenvalue weighted by Gasteiger charge is -2.40. The van der Waals surface area contributed by atoms with Crippen LogP contribution in [0.4, 0.5) is 0 Å². The lowest BCUT2D eigenvalue weighted by molar-refractivity contribution is -0.123. The molecule has 30 heavy (non-hydrogen) atoms. The molecular formula is C24H25N3O3. The fourth-order valence-corrected chi connectivity index (χ4v) is 4.96. The Morgan fingerprint density at radius 2 is 1.83 bits per heavy atom. The van der Waals surface area contributed by atoms with E-state index >= 15 is 0 Å². The van der Waals surface area contributed by atoms with E-state index in [0.717, 1.165) is 43.4 Å². The lowest BCUT2D eigenvalue weighted by atomic mass is 9.85. The number of para-hydroxylation sites is 1. The summed E-state index contributed by atoms with van der Waals surface area (Å²) in [6.45, 7) is 1.83. The zero-order chi connectivity index (χ0) is 20.7. The number of nitrogens with one attached hydrogen (secondary N) is 2. The van der Waals surface area contributed by atoms with Crippen molar-refractivity contribution in [2.45, 2.75) is 56.6 Å². The van der Waals surface area contributed by atoms with E-state index in [1.807, 2.05) is 49.4 Å². The maximum atomic E-state index is 13.3. The van der Waals surface area contributed by atoms with E-state index in [2.05, 4.69) is 15.5 Å². The second-order valence-corrected chi connectivity index (χ2v) is 8.50. The monoisotopic (exact) mass is 403 g/mol. The van der Waals surface area contributed by atoms with Crippen molar-refractivity contribution in [1.82, 2.24) is 15.5 Å². The van der Waals surface area contributed by atoms with E-state index in [4.69, 9.17) is 4.74 Å². The fourth-order valence-electron chi connectivity index (χ4n) is 4.96. The molecule has 2 heterocycles. The first kappa shape index (κ1) is 18.9. The normalized spacial score (nSPS) is 20.5. The van der Waals surface area contributed by atoms with Gasteiger partial charge in [-0.1, -0.05) is 36.4 Å². The quantitative estimate of drug-likeness (QED) is 0.693. The van der Waals surface area contributed by atoms with Gasteiger partial charge in [0.15, 0.2) is 0 Å². The van der Waals surface area contributed by atoms with Gasteiger partial charge in [0, 0.05) is 17.4 Å². The number of ether oxygens (including phenoxy) is 1. The summed E-state index contributed by atoms with van der Waals surface area (Å²) in [6.07, 6.45) is 5.14. The number of carbonyl (C=O) groups is 1. The topological polar surface area (TPSA) is 84.1 Å². The average Bonchev–Trinajstić information content (AvgIpc) is 3.21. The van der Waals surface area contributed by atoms with Crippen LogP contribution in [0.2, 0.25) is 0 Å². The van der Waals surface area contributed by atoms with Crippen LogP contribution in [0.5, 0.6) is 5.75 Å². The molecule has 1 aliphatic carbocycles. The fraction of sp³-hybridized carbons (Fsp3) is 0.375. The molecular weight excluding hydrogens is 378 g/mol. The Labute approximate surface area is 174 Å². The van der Waals surface area contributed by atoms with Gasteiger partial charge in [-0.2, -0.15) is 5.10 Å². The van der Waals surface area contributed by atoms with E-state index in [0.29, 0.717) is 16.5 Å². The predicted octanol–water partition coefficient (Wildman–Crippen LogP) is 3.98. The summed E-state index contributed by atoms with van der Waals surface area (Å²) >= 11 is 0. The number of rotatable bonds is 3. The van der Waals surface area contributed by atoms with Crippen LogP contribution in [-0.4, -0.2) is 21.7 Å². The summed E-state index contributed by atoms with van der Waals surface area (Å²) in [5.41, 5.74) is 1.18. The van der Waals surface area contributed by atoms with Crippen LogP contribution < -0.4 is 15.6 Å². The molecule has 2 atom stereocenters. The third-order valence-electron chi connectivity index (χ3n) is 6.56. The Morgan fingerprint density at radius 3 is 2.63 bits per heavy atom. The molecule has 0 unspecified atom stereocenters. The molecule has 1 aromatic heterocycles. The Bertz CT molecular complexity index is 1160. The first-order valence-corrected chi connectivity index (χ1v) is 10.6. The minimum absolute atomic E-state index is 0.1000. The number of aromatic amines is 1. The maximum Gasteiger partial charge on any atom is 0.272 e. The van der Waals surface area contributed by atoms with Gasteiger partial charge in [-0.05, 0) is 44.7 Å². The first-order chi connectivity index (χ1) is 14.6. The van der Waals surface area contributed by atoms with Gasteiger partial charge in [-0.25, -0.2) is 5.10 Å². The average molecular weight is 403 g/mol. The zero-order valence-corrected chi connectivity index (χ0v) is 17.0. The highest BCUT2D eigenvalue weighted by molar-refractivity contribution is 5.91. The lowest BCUT2D eigenvalue weighted by Crippen LogP contribution is -2.44. The van der Waals surface area contributed by atoms with Crippen LogP contribution in [0.15, 0.2) is 53.3 Å². The number of fused-ring (bicyclic) bond motifs is 2. The maximum absolute atomic E-state index is 13.3. The molecule has 1 aliphatic heterocycles. The third-order valence-corrected chi connectivity index (χ3v) is 6.56. The van der Waals surface area contributed by atoms with Gasteiger partial charge in [0.05, 0.1) is 23.0 Å². The van der Waals surface area contributed by atoms with Crippen molar-refractivity contribution in [3.05, 3.63) is 70.1 Å². The molecule has 0 bridgehead atoms. The minimum atomic E-state index is -0.499. The SMILES string of the molecule is C[C@H](C(=O)N[C@@H]1CC2(CCCC2)Oc2ccccc21)c1n[nH]c(=O)c2ccccc12. The Balaban J connectivity index is 1.45. The largest absolute Gasteiger partial charge is 0.487 e. The summed E-state index contributed by atoms with van der Waals surface area (Å²) in [5, 5.41) is 11.3. The molecule has 6 heteroatoms. The van der Waals surface area contributed by atoms with Crippen molar-refractivity contribution in [3.63, 3.8) is 0 Å². The first-order valence-electron chi connectivity index (χ1n) is 10.6. The van der Waals surface area contributed by atoms with Crippen LogP contribution in [0.25, 0.3) is 10.8 Å². The highest BCUT2D eigenvalue weighted by atomic mass is 16.5. The van der Waals surface area contributed by atoms with Gasteiger partial charge < -0.3 is 10.1 Å². The van der Waals surface area contributed by atoms with E-state index in [9.17, 15) is 9.59 Å². The van der Waals surface area contributed by atoms with Crippen molar-refractivity contribution in [3.8, 4) is 5.75 Å². The number of H-pyrrole nitrogens is 1. The molecule has 2 aliphatic rings. The molecule has 2 aromatic carbocycles. The van der Waals surface area contributed by atoms with Crippen molar-refractivity contribution in [2.75, 3.05) is 0 Å². The number of nitrogens with zero attached hydrogens (tertiary/aromatic N) is 1. The highest BCUT2D eigenvalue weighted by Gasteiger charge is 2.43. The number of aromatic nitrogens is 2. The van der Waals surface area contributed by atoms with E-state index in [1.54, 1.807) is 6.07 Å². The van der Waals surface area contributed by atoms with Crippen molar-refractivity contribution in [2.24, 2.45) is 0 Å². The van der Waals surface area contributed by atoms with Crippen LogP contribution in [0.3, 0.4) is 0 Å². The summed E-state index contributed by atoms with van der Waals surface area (Å²) in [7, 11) is 0. The summed E-state index contributed by atoms with van der Waals surface area (Å²) in [4.78, 5) is 25.4. The van der Waals surface area contributed by atoms with Crippen LogP contribution in [-0.2, 0) is 4.79 Å². The Kier molecular flexibility index (Phi) is 4.57. The molecule has 1 fully saturated rings. The molecule has 0 radical (unpaired) electrons. The molecule has 5 rings (SSSR count). The Morgan fingerprint density at radius 1 is 1.13 bits per heavy atom. The van der Waals surface area contributed by atoms with Gasteiger partial charge in [-0.15, -0.1) is 0 Å². The molecule has 2 N–H and O–H groups in total. The molecule has 1 amide bonds. The minimum Gasteiger partial charge on any atom is -0.487 e. The van der Waals surface area contributed by atoms with Crippen LogP contribution >= 0.6 is 0 Å². The van der Waals surface area contributed by atoms with Crippen molar-refractivity contribution in [1.29, 1.82) is 0 Å². The molecule has 6 nitrogen and oxygen atoms in total. The second-order valence-electron chi connectivity index (χ2n) is 8.50. The molecule has 154 valence electrons. The van der Waals surface area contributed by atoms with Gasteiger partial charge in [0.1, 0.15) is 11.4 Å². The van der Waals surface area contributed by atoms with E-state index < -0.39 is 5.92 Å². The molecule has 3 aromatic rings. The smallest absolute Gasteiger partial charge is 0.272 e. The van der Waals surface area contributed by atoms with Gasteiger partial charge in [0.25, 0.3) is 5.56 Å². The molecule has 1 spiro atoms. The molecule has 1 saturated carbocycles. The highest BCUT2D eigenvalue weighted by Crippen LogP contribution is 2.47. The number of hydrogen-bond donors (Lipinski definition) is 2. The van der Waals surface area contributed by atoms with Crippen molar-refractivity contribution >= 4 is 16.7 Å². The number of amides is 1. The van der Waals surface area contributed by atoms with Crippen molar-refractivity contribution < 1.29 is 9.53 Å². The Hall–Kier alpha value is -3.15. The van der Waals surface area contributed by atoms with Crippen LogP contribution in [0, 0.1) is 0 Å². The number of carbonyl (C=O) groups excluding carboxylic acids is 1. The number of benzene rings is 2. The van der Waals surface area contributed by atoms with E-state index in [1.165, 1.54) is 0 Å².